The zero-order valence-corrected chi connectivity index (χ0v) is 12.1. The van der Waals surface area contributed by atoms with Gasteiger partial charge in [-0.05, 0) is 43.6 Å². The molecule has 1 amide bonds. The van der Waals surface area contributed by atoms with E-state index in [4.69, 9.17) is 4.42 Å². The lowest BCUT2D eigenvalue weighted by Crippen LogP contribution is -2.27. The van der Waals surface area contributed by atoms with Gasteiger partial charge in [0.2, 0.25) is 0 Å². The topological polar surface area (TPSA) is 67.2 Å². The van der Waals surface area contributed by atoms with Crippen LogP contribution in [0.4, 0.5) is 4.39 Å². The molecule has 0 unspecified atom stereocenters. The number of oxazole rings is 1. The van der Waals surface area contributed by atoms with Gasteiger partial charge in [0.05, 0.1) is 0 Å². The standard InChI is InChI=1S/C16H18FN3O2/c17-13-3-1-11(2-4-13)9-19-15(21)14-10-22-16(20-14)12-5-7-18-8-6-12/h1-4,10,12,18H,5-9H2,(H,19,21). The Hall–Kier alpha value is -2.21. The SMILES string of the molecule is O=C(NCc1ccc(F)cc1)c1coc(C2CCNCC2)n1. The van der Waals surface area contributed by atoms with Crippen LogP contribution in [0.2, 0.25) is 0 Å². The van der Waals surface area contributed by atoms with Crippen LogP contribution in [0.3, 0.4) is 0 Å². The molecule has 0 atom stereocenters. The Morgan fingerprint density at radius 1 is 1.32 bits per heavy atom. The van der Waals surface area contributed by atoms with Crippen LogP contribution in [0.1, 0.15) is 40.7 Å². The van der Waals surface area contributed by atoms with Crippen molar-refractivity contribution in [1.29, 1.82) is 0 Å². The van der Waals surface area contributed by atoms with Crippen molar-refractivity contribution in [3.8, 4) is 0 Å². The molecule has 0 saturated carbocycles. The number of nitrogens with one attached hydrogen (secondary N) is 2. The van der Waals surface area contributed by atoms with Gasteiger partial charge in [0.25, 0.3) is 5.91 Å². The van der Waals surface area contributed by atoms with Crippen molar-refractivity contribution >= 4 is 5.91 Å². The van der Waals surface area contributed by atoms with Gasteiger partial charge in [0, 0.05) is 12.5 Å². The maximum absolute atomic E-state index is 12.8. The zero-order valence-electron chi connectivity index (χ0n) is 12.1. The number of nitrogens with zero attached hydrogens (tertiary/aromatic N) is 1. The Morgan fingerprint density at radius 3 is 2.77 bits per heavy atom. The number of carbonyl (C=O) groups is 1. The number of carbonyl (C=O) groups excluding carboxylic acids is 1. The van der Waals surface area contributed by atoms with E-state index in [0.717, 1.165) is 31.5 Å². The third-order valence-electron chi connectivity index (χ3n) is 3.81. The number of amides is 1. The first-order chi connectivity index (χ1) is 10.7. The Kier molecular flexibility index (Phi) is 4.48. The first kappa shape index (κ1) is 14.7. The lowest BCUT2D eigenvalue weighted by molar-refractivity contribution is 0.0946. The van der Waals surface area contributed by atoms with Gasteiger partial charge >= 0.3 is 0 Å². The van der Waals surface area contributed by atoms with Crippen LogP contribution in [0.5, 0.6) is 0 Å². The van der Waals surface area contributed by atoms with Crippen molar-refractivity contribution in [2.24, 2.45) is 0 Å². The van der Waals surface area contributed by atoms with E-state index in [1.165, 1.54) is 18.4 Å². The van der Waals surface area contributed by atoms with Crippen molar-refractivity contribution < 1.29 is 13.6 Å². The quantitative estimate of drug-likeness (QED) is 0.909. The Bertz CT molecular complexity index is 633. The van der Waals surface area contributed by atoms with Crippen LogP contribution in [-0.2, 0) is 6.54 Å². The van der Waals surface area contributed by atoms with E-state index in [-0.39, 0.29) is 23.3 Å². The Morgan fingerprint density at radius 2 is 2.05 bits per heavy atom. The highest BCUT2D eigenvalue weighted by atomic mass is 19.1. The average molecular weight is 303 g/mol. The predicted molar refractivity (Wildman–Crippen MR) is 78.9 cm³/mol. The van der Waals surface area contributed by atoms with Gasteiger partial charge in [0.15, 0.2) is 11.6 Å². The minimum Gasteiger partial charge on any atom is -0.448 e. The molecule has 1 saturated heterocycles. The van der Waals surface area contributed by atoms with Gasteiger partial charge < -0.3 is 15.1 Å². The number of hydrogen-bond acceptors (Lipinski definition) is 4. The first-order valence-corrected chi connectivity index (χ1v) is 7.41. The molecule has 6 heteroatoms. The normalized spacial score (nSPS) is 15.7. The first-order valence-electron chi connectivity index (χ1n) is 7.41. The van der Waals surface area contributed by atoms with E-state index in [2.05, 4.69) is 15.6 Å². The van der Waals surface area contributed by atoms with E-state index in [1.807, 2.05) is 0 Å². The summed E-state index contributed by atoms with van der Waals surface area (Å²) in [5.74, 6) is 0.333. The van der Waals surface area contributed by atoms with Crippen molar-refractivity contribution in [3.05, 3.63) is 53.5 Å². The maximum Gasteiger partial charge on any atom is 0.273 e. The van der Waals surface area contributed by atoms with Crippen molar-refractivity contribution in [2.75, 3.05) is 13.1 Å². The van der Waals surface area contributed by atoms with E-state index < -0.39 is 0 Å². The number of hydrogen-bond donors (Lipinski definition) is 2. The number of benzene rings is 1. The second-order valence-corrected chi connectivity index (χ2v) is 5.40. The monoisotopic (exact) mass is 303 g/mol. The van der Waals surface area contributed by atoms with Crippen molar-refractivity contribution in [1.82, 2.24) is 15.6 Å². The van der Waals surface area contributed by atoms with Gasteiger partial charge in [-0.1, -0.05) is 12.1 Å². The highest BCUT2D eigenvalue weighted by Crippen LogP contribution is 2.24. The fraction of sp³-hybridized carbons (Fsp3) is 0.375. The summed E-state index contributed by atoms with van der Waals surface area (Å²) in [5, 5.41) is 6.04. The van der Waals surface area contributed by atoms with Gasteiger partial charge in [-0.15, -0.1) is 0 Å². The Balaban J connectivity index is 1.58. The minimum absolute atomic E-state index is 0.278. The van der Waals surface area contributed by atoms with Gasteiger partial charge in [-0.25, -0.2) is 9.37 Å². The molecule has 0 spiro atoms. The summed E-state index contributed by atoms with van der Waals surface area (Å²) >= 11 is 0. The second kappa shape index (κ2) is 6.70. The van der Waals surface area contributed by atoms with Gasteiger partial charge in [0.1, 0.15) is 12.1 Å². The maximum atomic E-state index is 12.8. The lowest BCUT2D eigenvalue weighted by Gasteiger charge is -2.19. The van der Waals surface area contributed by atoms with Crippen LogP contribution in [0.15, 0.2) is 34.9 Å². The van der Waals surface area contributed by atoms with E-state index in [9.17, 15) is 9.18 Å². The van der Waals surface area contributed by atoms with Gasteiger partial charge in [-0.2, -0.15) is 0 Å². The van der Waals surface area contributed by atoms with E-state index in [1.54, 1.807) is 12.1 Å². The molecule has 1 aromatic carbocycles. The largest absolute Gasteiger partial charge is 0.448 e. The molecule has 22 heavy (non-hydrogen) atoms. The molecule has 5 nitrogen and oxygen atoms in total. The summed E-state index contributed by atoms with van der Waals surface area (Å²) in [6, 6.07) is 6.01. The third-order valence-corrected chi connectivity index (χ3v) is 3.81. The highest BCUT2D eigenvalue weighted by molar-refractivity contribution is 5.91. The minimum atomic E-state index is -0.293. The fourth-order valence-corrected chi connectivity index (χ4v) is 2.52. The van der Waals surface area contributed by atoms with Crippen LogP contribution in [0, 0.1) is 5.82 Å². The molecule has 0 bridgehead atoms. The summed E-state index contributed by atoms with van der Waals surface area (Å²) < 4.78 is 18.3. The number of halogens is 1. The third kappa shape index (κ3) is 3.51. The smallest absolute Gasteiger partial charge is 0.273 e. The molecular weight excluding hydrogens is 285 g/mol. The van der Waals surface area contributed by atoms with E-state index >= 15 is 0 Å². The molecule has 2 aromatic rings. The summed E-state index contributed by atoms with van der Waals surface area (Å²) in [4.78, 5) is 16.4. The predicted octanol–water partition coefficient (Wildman–Crippen LogP) is 2.21. The van der Waals surface area contributed by atoms with E-state index in [0.29, 0.717) is 12.4 Å². The highest BCUT2D eigenvalue weighted by Gasteiger charge is 2.21. The summed E-state index contributed by atoms with van der Waals surface area (Å²) in [7, 11) is 0. The molecule has 0 aliphatic carbocycles. The lowest BCUT2D eigenvalue weighted by atomic mass is 9.98. The van der Waals surface area contributed by atoms with Crippen LogP contribution >= 0.6 is 0 Å². The molecule has 116 valence electrons. The molecule has 1 aromatic heterocycles. The Labute approximate surface area is 127 Å². The van der Waals surface area contributed by atoms with Crippen LogP contribution < -0.4 is 10.6 Å². The molecule has 1 fully saturated rings. The fourth-order valence-electron chi connectivity index (χ4n) is 2.52. The number of piperidine rings is 1. The molecule has 1 aliphatic heterocycles. The van der Waals surface area contributed by atoms with Crippen molar-refractivity contribution in [3.63, 3.8) is 0 Å². The zero-order chi connectivity index (χ0) is 15.4. The molecule has 2 N–H and O–H groups in total. The molecular formula is C16H18FN3O2. The average Bonchev–Trinajstić information content (AvgIpc) is 3.05. The molecule has 1 aliphatic rings. The summed E-state index contributed by atoms with van der Waals surface area (Å²) in [6.07, 6.45) is 3.34. The number of rotatable bonds is 4. The van der Waals surface area contributed by atoms with Crippen molar-refractivity contribution in [2.45, 2.75) is 25.3 Å². The van der Waals surface area contributed by atoms with Gasteiger partial charge in [-0.3, -0.25) is 4.79 Å². The summed E-state index contributed by atoms with van der Waals surface area (Å²) in [6.45, 7) is 2.22. The van der Waals surface area contributed by atoms with Crippen LogP contribution in [0.25, 0.3) is 0 Å². The molecule has 2 heterocycles. The van der Waals surface area contributed by atoms with Crippen LogP contribution in [-0.4, -0.2) is 24.0 Å². The summed E-state index contributed by atoms with van der Waals surface area (Å²) in [5.41, 5.74) is 1.12. The molecule has 3 rings (SSSR count). The number of aromatic nitrogens is 1. The molecule has 0 radical (unpaired) electrons. The second-order valence-electron chi connectivity index (χ2n) is 5.40.